The summed E-state index contributed by atoms with van der Waals surface area (Å²) >= 11 is 0. The molecule has 0 rings (SSSR count). The van der Waals surface area contributed by atoms with Crippen molar-refractivity contribution in [1.82, 2.24) is 0 Å². The smallest absolute Gasteiger partial charge is 0.310 e. The Hall–Kier alpha value is -1.32. The normalized spacial score (nSPS) is 12.9. The van der Waals surface area contributed by atoms with E-state index in [9.17, 15) is 14.7 Å². The molecule has 0 bridgehead atoms. The molecule has 0 amide bonds. The van der Waals surface area contributed by atoms with Gasteiger partial charge in [0, 0.05) is 6.42 Å². The quantitative estimate of drug-likeness (QED) is 0.187. The van der Waals surface area contributed by atoms with E-state index in [-0.39, 0.29) is 12.3 Å². The highest BCUT2D eigenvalue weighted by molar-refractivity contribution is 5.73. The Kier molecular flexibility index (Phi) is 17.2. The van der Waals surface area contributed by atoms with Crippen LogP contribution in [0, 0.1) is 5.92 Å². The lowest BCUT2D eigenvalue weighted by Crippen LogP contribution is -2.16. The van der Waals surface area contributed by atoms with E-state index in [0.29, 0.717) is 0 Å². The summed E-state index contributed by atoms with van der Waals surface area (Å²) in [5.41, 5.74) is 1.07. The van der Waals surface area contributed by atoms with Gasteiger partial charge < -0.3 is 10.2 Å². The number of rotatable bonds is 19. The van der Waals surface area contributed by atoms with Crippen molar-refractivity contribution in [2.75, 3.05) is 0 Å². The van der Waals surface area contributed by atoms with Crippen molar-refractivity contribution in [3.63, 3.8) is 0 Å². The first kappa shape index (κ1) is 25.7. The molecule has 0 saturated heterocycles. The average molecular weight is 383 g/mol. The molecule has 1 unspecified atom stereocenters. The molecule has 27 heavy (non-hydrogen) atoms. The van der Waals surface area contributed by atoms with Gasteiger partial charge in [-0.15, -0.1) is 0 Å². The Morgan fingerprint density at radius 1 is 0.741 bits per heavy atom. The average Bonchev–Trinajstić information content (AvgIpc) is 2.63. The molecule has 158 valence electrons. The molecular formula is C23H42O4. The van der Waals surface area contributed by atoms with E-state index < -0.39 is 11.9 Å². The topological polar surface area (TPSA) is 74.6 Å². The first-order valence-corrected chi connectivity index (χ1v) is 11.1. The van der Waals surface area contributed by atoms with Gasteiger partial charge in [-0.2, -0.15) is 0 Å². The maximum absolute atomic E-state index is 11.7. The molecule has 0 aromatic rings. The monoisotopic (exact) mass is 382 g/mol. The van der Waals surface area contributed by atoms with Gasteiger partial charge in [0.1, 0.15) is 0 Å². The minimum absolute atomic E-state index is 0.250. The Morgan fingerprint density at radius 2 is 1.22 bits per heavy atom. The maximum atomic E-state index is 11.7. The molecular weight excluding hydrogens is 340 g/mol. The molecule has 1 atom stereocenters. The van der Waals surface area contributed by atoms with Crippen LogP contribution in [0.5, 0.6) is 0 Å². The molecule has 0 heterocycles. The van der Waals surface area contributed by atoms with E-state index in [1.807, 2.05) is 13.0 Å². The largest absolute Gasteiger partial charge is 0.481 e. The predicted octanol–water partition coefficient (Wildman–Crippen LogP) is 6.98. The highest BCUT2D eigenvalue weighted by Crippen LogP contribution is 2.25. The SMILES string of the molecule is CC=C(CCCCCCCC(=O)O)C(CCCCCCCCCC)C(=O)O. The number of carboxylic acid groups (broad SMARTS) is 2. The number of unbranched alkanes of at least 4 members (excludes halogenated alkanes) is 11. The highest BCUT2D eigenvalue weighted by atomic mass is 16.4. The van der Waals surface area contributed by atoms with Crippen molar-refractivity contribution >= 4 is 11.9 Å². The van der Waals surface area contributed by atoms with E-state index >= 15 is 0 Å². The van der Waals surface area contributed by atoms with Gasteiger partial charge in [-0.1, -0.05) is 89.2 Å². The molecule has 4 heteroatoms. The van der Waals surface area contributed by atoms with E-state index in [1.54, 1.807) is 0 Å². The van der Waals surface area contributed by atoms with Gasteiger partial charge >= 0.3 is 11.9 Å². The minimum Gasteiger partial charge on any atom is -0.481 e. The van der Waals surface area contributed by atoms with Crippen LogP contribution in [-0.4, -0.2) is 22.2 Å². The molecule has 0 spiro atoms. The van der Waals surface area contributed by atoms with Gasteiger partial charge in [0.05, 0.1) is 5.92 Å². The van der Waals surface area contributed by atoms with Gasteiger partial charge in [-0.25, -0.2) is 0 Å². The van der Waals surface area contributed by atoms with Crippen molar-refractivity contribution in [3.8, 4) is 0 Å². The van der Waals surface area contributed by atoms with Crippen molar-refractivity contribution in [3.05, 3.63) is 11.6 Å². The van der Waals surface area contributed by atoms with Crippen molar-refractivity contribution in [1.29, 1.82) is 0 Å². The Balaban J connectivity index is 3.96. The Bertz CT molecular complexity index is 415. The summed E-state index contributed by atoms with van der Waals surface area (Å²) < 4.78 is 0. The van der Waals surface area contributed by atoms with Crippen LogP contribution in [0.4, 0.5) is 0 Å². The van der Waals surface area contributed by atoms with Crippen LogP contribution in [0.25, 0.3) is 0 Å². The number of aliphatic carboxylic acids is 2. The summed E-state index contributed by atoms with van der Waals surface area (Å²) in [4.78, 5) is 22.2. The molecule has 2 N–H and O–H groups in total. The third-order valence-electron chi connectivity index (χ3n) is 5.32. The third-order valence-corrected chi connectivity index (χ3v) is 5.32. The van der Waals surface area contributed by atoms with E-state index in [1.165, 1.54) is 38.5 Å². The molecule has 0 aliphatic carbocycles. The number of carboxylic acids is 2. The Labute approximate surface area is 166 Å². The zero-order valence-corrected chi connectivity index (χ0v) is 17.7. The van der Waals surface area contributed by atoms with Crippen molar-refractivity contribution < 1.29 is 19.8 Å². The van der Waals surface area contributed by atoms with Crippen LogP contribution in [0.3, 0.4) is 0 Å². The second kappa shape index (κ2) is 18.1. The van der Waals surface area contributed by atoms with Crippen LogP contribution in [0.1, 0.15) is 117 Å². The second-order valence-corrected chi connectivity index (χ2v) is 7.68. The van der Waals surface area contributed by atoms with Gasteiger partial charge in [0.2, 0.25) is 0 Å². The van der Waals surface area contributed by atoms with Crippen LogP contribution < -0.4 is 0 Å². The Morgan fingerprint density at radius 3 is 1.70 bits per heavy atom. The lowest BCUT2D eigenvalue weighted by molar-refractivity contribution is -0.141. The summed E-state index contributed by atoms with van der Waals surface area (Å²) in [6.07, 6.45) is 18.5. The first-order chi connectivity index (χ1) is 13.0. The molecule has 0 aromatic heterocycles. The highest BCUT2D eigenvalue weighted by Gasteiger charge is 2.20. The number of carbonyl (C=O) groups is 2. The fourth-order valence-corrected chi connectivity index (χ4v) is 3.61. The maximum Gasteiger partial charge on any atom is 0.310 e. The van der Waals surface area contributed by atoms with Crippen LogP contribution in [0.15, 0.2) is 11.6 Å². The number of allylic oxidation sites excluding steroid dienone is 1. The molecule has 0 fully saturated rings. The minimum atomic E-state index is -0.725. The lowest BCUT2D eigenvalue weighted by atomic mass is 9.89. The van der Waals surface area contributed by atoms with Gasteiger partial charge in [0.15, 0.2) is 0 Å². The van der Waals surface area contributed by atoms with Crippen LogP contribution >= 0.6 is 0 Å². The fourth-order valence-electron chi connectivity index (χ4n) is 3.61. The molecule has 0 saturated carbocycles. The summed E-state index contributed by atoms with van der Waals surface area (Å²) in [6, 6.07) is 0. The van der Waals surface area contributed by atoms with E-state index in [0.717, 1.165) is 63.4 Å². The first-order valence-electron chi connectivity index (χ1n) is 11.1. The fraction of sp³-hybridized carbons (Fsp3) is 0.826. The molecule has 0 aliphatic rings. The zero-order valence-electron chi connectivity index (χ0n) is 17.7. The van der Waals surface area contributed by atoms with Gasteiger partial charge in [-0.05, 0) is 32.6 Å². The molecule has 0 aliphatic heterocycles. The van der Waals surface area contributed by atoms with Crippen molar-refractivity contribution in [2.24, 2.45) is 5.92 Å². The lowest BCUT2D eigenvalue weighted by Gasteiger charge is -2.16. The summed E-state index contributed by atoms with van der Waals surface area (Å²) in [6.45, 7) is 4.18. The molecule has 0 radical (unpaired) electrons. The van der Waals surface area contributed by atoms with Crippen LogP contribution in [0.2, 0.25) is 0 Å². The summed E-state index contributed by atoms with van der Waals surface area (Å²) in [5, 5.41) is 18.2. The summed E-state index contributed by atoms with van der Waals surface area (Å²) in [7, 11) is 0. The van der Waals surface area contributed by atoms with E-state index in [4.69, 9.17) is 5.11 Å². The molecule has 0 aromatic carbocycles. The van der Waals surface area contributed by atoms with Crippen molar-refractivity contribution in [2.45, 2.75) is 117 Å². The van der Waals surface area contributed by atoms with Gasteiger partial charge in [0.25, 0.3) is 0 Å². The standard InChI is InChI=1S/C23H42O4/c1-3-5-6-7-8-9-12-15-18-21(23(26)27)20(4-2)17-14-11-10-13-16-19-22(24)25/h4,21H,3,5-19H2,1-2H3,(H,24,25)(H,26,27). The molecule has 4 nitrogen and oxygen atoms in total. The summed E-state index contributed by atoms with van der Waals surface area (Å²) in [5.74, 6) is -1.74. The number of hydrogen-bond acceptors (Lipinski definition) is 2. The second-order valence-electron chi connectivity index (χ2n) is 7.68. The number of hydrogen-bond donors (Lipinski definition) is 2. The van der Waals surface area contributed by atoms with E-state index in [2.05, 4.69) is 6.92 Å². The zero-order chi connectivity index (χ0) is 20.3. The van der Waals surface area contributed by atoms with Gasteiger partial charge in [-0.3, -0.25) is 9.59 Å². The third kappa shape index (κ3) is 15.4. The van der Waals surface area contributed by atoms with Crippen LogP contribution in [-0.2, 0) is 9.59 Å². The predicted molar refractivity (Wildman–Crippen MR) is 112 cm³/mol.